The van der Waals surface area contributed by atoms with Crippen molar-refractivity contribution in [3.8, 4) is 11.4 Å². The van der Waals surface area contributed by atoms with Crippen LogP contribution >= 0.6 is 0 Å². The summed E-state index contributed by atoms with van der Waals surface area (Å²) in [5.41, 5.74) is 2.55. The average Bonchev–Trinajstić information content (AvgIpc) is 3.18. The van der Waals surface area contributed by atoms with E-state index >= 15 is 0 Å². The molecule has 7 nitrogen and oxygen atoms in total. The molecule has 1 aromatic heterocycles. The van der Waals surface area contributed by atoms with Gasteiger partial charge < -0.3 is 15.4 Å². The summed E-state index contributed by atoms with van der Waals surface area (Å²) in [6.07, 6.45) is 6.46. The van der Waals surface area contributed by atoms with Gasteiger partial charge in [-0.05, 0) is 36.3 Å². The highest BCUT2D eigenvalue weighted by molar-refractivity contribution is 5.79. The van der Waals surface area contributed by atoms with Crippen molar-refractivity contribution in [3.63, 3.8) is 0 Å². The van der Waals surface area contributed by atoms with Gasteiger partial charge >= 0.3 is 0 Å². The van der Waals surface area contributed by atoms with Crippen LogP contribution in [-0.2, 0) is 11.3 Å². The summed E-state index contributed by atoms with van der Waals surface area (Å²) < 4.78 is 5.27. The number of nitrogens with zero attached hydrogens (tertiary/aromatic N) is 3. The summed E-state index contributed by atoms with van der Waals surface area (Å²) >= 11 is 0. The highest BCUT2D eigenvalue weighted by atomic mass is 16.5. The summed E-state index contributed by atoms with van der Waals surface area (Å²) in [6.45, 7) is 2.46. The van der Waals surface area contributed by atoms with Gasteiger partial charge in [0.25, 0.3) is 0 Å². The Labute approximate surface area is 154 Å². The Balaban J connectivity index is 1.52. The molecule has 1 heterocycles. The Morgan fingerprint density at radius 1 is 1.35 bits per heavy atom. The molecule has 0 atom stereocenters. The van der Waals surface area contributed by atoms with Crippen LogP contribution in [0.5, 0.6) is 0 Å². The van der Waals surface area contributed by atoms with Crippen LogP contribution in [0.25, 0.3) is 11.4 Å². The highest BCUT2D eigenvalue weighted by Gasteiger charge is 2.36. The predicted molar refractivity (Wildman–Crippen MR) is 103 cm³/mol. The van der Waals surface area contributed by atoms with Gasteiger partial charge in [0.15, 0.2) is 11.8 Å². The second-order valence-corrected chi connectivity index (χ2v) is 6.91. The van der Waals surface area contributed by atoms with E-state index < -0.39 is 0 Å². The molecule has 0 unspecified atom stereocenters. The molecule has 0 spiro atoms. The van der Waals surface area contributed by atoms with Crippen LogP contribution in [0.3, 0.4) is 0 Å². The van der Waals surface area contributed by atoms with Crippen LogP contribution in [0.2, 0.25) is 0 Å². The molecule has 0 saturated heterocycles. The lowest BCUT2D eigenvalue weighted by atomic mass is 9.67. The maximum absolute atomic E-state index is 5.27. The van der Waals surface area contributed by atoms with Crippen LogP contribution in [0.1, 0.15) is 31.2 Å². The molecule has 1 saturated carbocycles. The number of aromatic amines is 1. The minimum Gasteiger partial charge on any atom is -0.385 e. The number of H-pyrrole nitrogens is 1. The van der Waals surface area contributed by atoms with Crippen molar-refractivity contribution in [3.05, 3.63) is 36.2 Å². The van der Waals surface area contributed by atoms with Gasteiger partial charge in [0.2, 0.25) is 0 Å². The number of hydrogen-bond acceptors (Lipinski definition) is 4. The quantitative estimate of drug-likeness (QED) is 0.499. The summed E-state index contributed by atoms with van der Waals surface area (Å²) in [4.78, 5) is 8.55. The zero-order chi connectivity index (χ0) is 18.2. The molecule has 0 radical (unpaired) electrons. The predicted octanol–water partition coefficient (Wildman–Crippen LogP) is 2.34. The van der Waals surface area contributed by atoms with Gasteiger partial charge in [0.1, 0.15) is 6.33 Å². The van der Waals surface area contributed by atoms with Crippen molar-refractivity contribution in [1.82, 2.24) is 25.8 Å². The first-order valence-corrected chi connectivity index (χ1v) is 9.13. The van der Waals surface area contributed by atoms with Crippen molar-refractivity contribution in [2.45, 2.75) is 32.2 Å². The number of guanidine groups is 1. The molecule has 0 bridgehead atoms. The van der Waals surface area contributed by atoms with Gasteiger partial charge in [-0.2, -0.15) is 5.10 Å². The molecule has 140 valence electrons. The Kier molecular flexibility index (Phi) is 6.22. The first-order valence-electron chi connectivity index (χ1n) is 9.13. The Morgan fingerprint density at radius 3 is 2.88 bits per heavy atom. The minimum atomic E-state index is 0.361. The minimum absolute atomic E-state index is 0.361. The molecular formula is C19H28N6O. The van der Waals surface area contributed by atoms with Crippen molar-refractivity contribution in [2.75, 3.05) is 27.3 Å². The summed E-state index contributed by atoms with van der Waals surface area (Å²) in [5.74, 6) is 1.61. The summed E-state index contributed by atoms with van der Waals surface area (Å²) in [7, 11) is 3.58. The van der Waals surface area contributed by atoms with Crippen LogP contribution in [0, 0.1) is 5.41 Å². The van der Waals surface area contributed by atoms with E-state index in [1.165, 1.54) is 31.2 Å². The fraction of sp³-hybridized carbons (Fsp3) is 0.526. The van der Waals surface area contributed by atoms with Gasteiger partial charge in [-0.25, -0.2) is 4.98 Å². The number of nitrogens with one attached hydrogen (secondary N) is 3. The largest absolute Gasteiger partial charge is 0.385 e. The second-order valence-electron chi connectivity index (χ2n) is 6.91. The van der Waals surface area contributed by atoms with E-state index in [-0.39, 0.29) is 0 Å². The Bertz CT molecular complexity index is 709. The van der Waals surface area contributed by atoms with Gasteiger partial charge in [0, 0.05) is 39.4 Å². The third-order valence-corrected chi connectivity index (χ3v) is 5.18. The van der Waals surface area contributed by atoms with E-state index in [9.17, 15) is 0 Å². The number of rotatable bonds is 8. The number of methoxy groups -OCH3 is 1. The zero-order valence-electron chi connectivity index (χ0n) is 15.6. The molecule has 26 heavy (non-hydrogen) atoms. The van der Waals surface area contributed by atoms with Crippen LogP contribution < -0.4 is 10.6 Å². The number of aliphatic imine (C=N–C) groups is 1. The zero-order valence-corrected chi connectivity index (χ0v) is 15.6. The molecule has 1 fully saturated rings. The Morgan fingerprint density at radius 2 is 2.23 bits per heavy atom. The van der Waals surface area contributed by atoms with E-state index in [4.69, 9.17) is 4.74 Å². The fourth-order valence-electron chi connectivity index (χ4n) is 3.36. The van der Waals surface area contributed by atoms with E-state index in [0.29, 0.717) is 12.0 Å². The molecule has 1 aliphatic rings. The summed E-state index contributed by atoms with van der Waals surface area (Å²) in [6, 6.07) is 8.24. The highest BCUT2D eigenvalue weighted by Crippen LogP contribution is 2.43. The second kappa shape index (κ2) is 8.80. The molecular weight excluding hydrogens is 328 g/mol. The average molecular weight is 356 g/mol. The maximum Gasteiger partial charge on any atom is 0.191 e. The maximum atomic E-state index is 5.27. The molecule has 0 aliphatic heterocycles. The molecule has 7 heteroatoms. The molecule has 1 aromatic carbocycles. The monoisotopic (exact) mass is 356 g/mol. The lowest BCUT2D eigenvalue weighted by molar-refractivity contribution is 0.0732. The lowest BCUT2D eigenvalue weighted by Gasteiger charge is -2.42. The SMILES string of the molecule is CN=C(NCc1cccc(-c2ncn[nH]2)c1)NCC1(CCOC)CCC1. The topological polar surface area (TPSA) is 87.2 Å². The van der Waals surface area contributed by atoms with E-state index in [1.54, 1.807) is 7.11 Å². The van der Waals surface area contributed by atoms with Crippen molar-refractivity contribution in [1.29, 1.82) is 0 Å². The first kappa shape index (κ1) is 18.4. The third-order valence-electron chi connectivity index (χ3n) is 5.18. The van der Waals surface area contributed by atoms with Gasteiger partial charge in [-0.15, -0.1) is 0 Å². The van der Waals surface area contributed by atoms with E-state index in [1.807, 2.05) is 19.2 Å². The molecule has 3 N–H and O–H groups in total. The van der Waals surface area contributed by atoms with E-state index in [2.05, 4.69) is 42.9 Å². The van der Waals surface area contributed by atoms with E-state index in [0.717, 1.165) is 36.9 Å². The van der Waals surface area contributed by atoms with Crippen molar-refractivity contribution < 1.29 is 4.74 Å². The molecule has 2 aromatic rings. The van der Waals surface area contributed by atoms with Gasteiger partial charge in [0.05, 0.1) is 0 Å². The molecule has 1 aliphatic carbocycles. The third kappa shape index (κ3) is 4.60. The first-order chi connectivity index (χ1) is 12.7. The summed E-state index contributed by atoms with van der Waals surface area (Å²) in [5, 5.41) is 13.7. The number of ether oxygens (including phenoxy) is 1. The number of benzene rings is 1. The van der Waals surface area contributed by atoms with Crippen LogP contribution in [-0.4, -0.2) is 48.5 Å². The van der Waals surface area contributed by atoms with Crippen molar-refractivity contribution >= 4 is 5.96 Å². The van der Waals surface area contributed by atoms with Crippen LogP contribution in [0.15, 0.2) is 35.6 Å². The standard InChI is InChI=1S/C19H28N6O/c1-20-18(22-13-19(7-4-8-19)9-10-26-2)21-12-15-5-3-6-16(11-15)17-23-14-24-25-17/h3,5-6,11,14H,4,7-10,12-13H2,1-2H3,(H2,20,21,22)(H,23,24,25). The smallest absolute Gasteiger partial charge is 0.191 e. The van der Waals surface area contributed by atoms with Gasteiger partial charge in [-0.3, -0.25) is 10.1 Å². The molecule has 3 rings (SSSR count). The van der Waals surface area contributed by atoms with Crippen molar-refractivity contribution in [2.24, 2.45) is 10.4 Å². The fourth-order valence-corrected chi connectivity index (χ4v) is 3.36. The van der Waals surface area contributed by atoms with Gasteiger partial charge in [-0.1, -0.05) is 24.6 Å². The number of aromatic nitrogens is 3. The Hall–Kier alpha value is -2.41. The lowest BCUT2D eigenvalue weighted by Crippen LogP contribution is -2.46. The number of hydrogen-bond donors (Lipinski definition) is 3. The normalized spacial score (nSPS) is 16.2. The molecule has 0 amide bonds. The van der Waals surface area contributed by atoms with Crippen LogP contribution in [0.4, 0.5) is 0 Å².